The predicted molar refractivity (Wildman–Crippen MR) is 44.6 cm³/mol. The van der Waals surface area contributed by atoms with Gasteiger partial charge in [0.1, 0.15) is 5.82 Å². The van der Waals surface area contributed by atoms with Gasteiger partial charge in [0.05, 0.1) is 15.7 Å². The third-order valence-electron chi connectivity index (χ3n) is 1.96. The van der Waals surface area contributed by atoms with Crippen molar-refractivity contribution in [3.8, 4) is 0 Å². The van der Waals surface area contributed by atoms with E-state index in [4.69, 9.17) is 5.73 Å². The first-order valence-electron chi connectivity index (χ1n) is 3.62. The molecule has 0 saturated heterocycles. The minimum absolute atomic E-state index is 0.267. The van der Waals surface area contributed by atoms with E-state index in [-0.39, 0.29) is 6.04 Å². The van der Waals surface area contributed by atoms with Crippen molar-refractivity contribution in [2.24, 2.45) is 5.73 Å². The van der Waals surface area contributed by atoms with Crippen LogP contribution in [0.3, 0.4) is 0 Å². The van der Waals surface area contributed by atoms with Gasteiger partial charge in [0.2, 0.25) is 0 Å². The first-order valence-corrected chi connectivity index (χ1v) is 4.94. The Kier molecular flexibility index (Phi) is 1.73. The van der Waals surface area contributed by atoms with E-state index in [1.807, 2.05) is 0 Å². The van der Waals surface area contributed by atoms with Crippen LogP contribution in [-0.2, 0) is 10.8 Å². The molecule has 1 heterocycles. The number of hydrogen-bond donors (Lipinski definition) is 1. The van der Waals surface area contributed by atoms with Crippen LogP contribution in [-0.4, -0.2) is 9.96 Å². The molecule has 1 aromatic carbocycles. The van der Waals surface area contributed by atoms with E-state index in [9.17, 15) is 8.60 Å². The SMILES string of the molecule is NC1CS(=O)c2c(F)cccc21. The summed E-state index contributed by atoms with van der Waals surface area (Å²) in [6.07, 6.45) is 0. The highest BCUT2D eigenvalue weighted by atomic mass is 32.2. The molecule has 0 spiro atoms. The molecule has 1 aliphatic rings. The van der Waals surface area contributed by atoms with Crippen LogP contribution in [0.1, 0.15) is 11.6 Å². The maximum Gasteiger partial charge on any atom is 0.139 e. The number of rotatable bonds is 0. The van der Waals surface area contributed by atoms with Gasteiger partial charge in [-0.2, -0.15) is 0 Å². The summed E-state index contributed by atoms with van der Waals surface area (Å²) in [6.45, 7) is 0. The Morgan fingerprint density at radius 1 is 1.58 bits per heavy atom. The van der Waals surface area contributed by atoms with Crippen molar-refractivity contribution in [3.05, 3.63) is 29.6 Å². The number of halogens is 1. The Hall–Kier alpha value is -0.740. The van der Waals surface area contributed by atoms with Gasteiger partial charge in [-0.25, -0.2) is 4.39 Å². The molecule has 0 aromatic heterocycles. The molecule has 2 rings (SSSR count). The van der Waals surface area contributed by atoms with Crippen LogP contribution in [0.2, 0.25) is 0 Å². The van der Waals surface area contributed by atoms with Crippen LogP contribution in [0.25, 0.3) is 0 Å². The average Bonchev–Trinajstić information content (AvgIpc) is 2.29. The largest absolute Gasteiger partial charge is 0.323 e. The minimum Gasteiger partial charge on any atom is -0.323 e. The molecule has 2 nitrogen and oxygen atoms in total. The van der Waals surface area contributed by atoms with E-state index >= 15 is 0 Å². The van der Waals surface area contributed by atoms with E-state index < -0.39 is 16.6 Å². The minimum atomic E-state index is -1.24. The van der Waals surface area contributed by atoms with Crippen molar-refractivity contribution < 1.29 is 8.60 Å². The second kappa shape index (κ2) is 2.64. The van der Waals surface area contributed by atoms with Gasteiger partial charge in [-0.15, -0.1) is 0 Å². The van der Waals surface area contributed by atoms with E-state index in [2.05, 4.69) is 0 Å². The fourth-order valence-electron chi connectivity index (χ4n) is 1.39. The third kappa shape index (κ3) is 0.990. The average molecular weight is 185 g/mol. The summed E-state index contributed by atoms with van der Waals surface area (Å²) in [5.41, 5.74) is 6.33. The first kappa shape index (κ1) is 7.89. The quantitative estimate of drug-likeness (QED) is 0.653. The lowest BCUT2D eigenvalue weighted by Gasteiger charge is -2.01. The Morgan fingerprint density at radius 2 is 2.33 bits per heavy atom. The molecule has 1 aromatic rings. The molecule has 4 heteroatoms. The molecule has 12 heavy (non-hydrogen) atoms. The molecular weight excluding hydrogens is 177 g/mol. The first-order chi connectivity index (χ1) is 5.70. The van der Waals surface area contributed by atoms with Crippen LogP contribution in [0.5, 0.6) is 0 Å². The number of nitrogens with two attached hydrogens (primary N) is 1. The fourth-order valence-corrected chi connectivity index (χ4v) is 2.83. The molecule has 0 amide bonds. The second-order valence-electron chi connectivity index (χ2n) is 2.78. The van der Waals surface area contributed by atoms with Gasteiger partial charge in [-0.05, 0) is 11.6 Å². The highest BCUT2D eigenvalue weighted by molar-refractivity contribution is 7.85. The van der Waals surface area contributed by atoms with Crippen molar-refractivity contribution in [2.45, 2.75) is 10.9 Å². The summed E-state index contributed by atoms with van der Waals surface area (Å²) in [6, 6.07) is 4.37. The normalized spacial score (nSPS) is 27.2. The maximum atomic E-state index is 13.1. The third-order valence-corrected chi connectivity index (χ3v) is 3.50. The maximum absolute atomic E-state index is 13.1. The second-order valence-corrected chi connectivity index (χ2v) is 4.21. The van der Waals surface area contributed by atoms with Gasteiger partial charge >= 0.3 is 0 Å². The number of benzene rings is 1. The van der Waals surface area contributed by atoms with Crippen LogP contribution in [0.15, 0.2) is 23.1 Å². The topological polar surface area (TPSA) is 43.1 Å². The van der Waals surface area contributed by atoms with Gasteiger partial charge in [-0.3, -0.25) is 4.21 Å². The molecule has 2 N–H and O–H groups in total. The standard InChI is InChI=1S/C8H8FNOS/c9-6-3-1-2-5-7(10)4-12(11)8(5)6/h1-3,7H,4,10H2. The number of fused-ring (bicyclic) bond motifs is 1. The molecule has 0 saturated carbocycles. The van der Waals surface area contributed by atoms with Crippen LogP contribution in [0.4, 0.5) is 4.39 Å². The number of hydrogen-bond acceptors (Lipinski definition) is 2. The molecule has 1 aliphatic heterocycles. The van der Waals surface area contributed by atoms with Crippen molar-refractivity contribution >= 4 is 10.8 Å². The molecule has 0 fully saturated rings. The molecule has 0 bridgehead atoms. The molecule has 2 atom stereocenters. The fraction of sp³-hybridized carbons (Fsp3) is 0.250. The van der Waals surface area contributed by atoms with Crippen molar-refractivity contribution in [2.75, 3.05) is 5.75 Å². The van der Waals surface area contributed by atoms with E-state index in [0.29, 0.717) is 16.2 Å². The van der Waals surface area contributed by atoms with E-state index in [1.54, 1.807) is 12.1 Å². The lowest BCUT2D eigenvalue weighted by Crippen LogP contribution is -2.09. The molecule has 2 unspecified atom stereocenters. The highest BCUT2D eigenvalue weighted by Gasteiger charge is 2.27. The van der Waals surface area contributed by atoms with Gasteiger partial charge in [0, 0.05) is 11.8 Å². The zero-order valence-corrected chi connectivity index (χ0v) is 7.10. The van der Waals surface area contributed by atoms with Gasteiger partial charge in [0.15, 0.2) is 0 Å². The summed E-state index contributed by atoms with van der Waals surface area (Å²) < 4.78 is 24.4. The Balaban J connectivity index is 2.67. The predicted octanol–water partition coefficient (Wildman–Crippen LogP) is 0.947. The summed E-state index contributed by atoms with van der Waals surface area (Å²) in [4.78, 5) is 0.296. The van der Waals surface area contributed by atoms with Crippen LogP contribution in [0, 0.1) is 5.82 Å². The smallest absolute Gasteiger partial charge is 0.139 e. The van der Waals surface area contributed by atoms with Crippen molar-refractivity contribution in [1.29, 1.82) is 0 Å². The monoisotopic (exact) mass is 185 g/mol. The summed E-state index contributed by atoms with van der Waals surface area (Å²) in [5.74, 6) is -0.0604. The molecule has 0 radical (unpaired) electrons. The lowest BCUT2D eigenvalue weighted by molar-refractivity contribution is 0.593. The van der Waals surface area contributed by atoms with Crippen molar-refractivity contribution in [1.82, 2.24) is 0 Å². The molecule has 0 aliphatic carbocycles. The zero-order valence-electron chi connectivity index (χ0n) is 6.29. The Morgan fingerprint density at radius 3 is 3.00 bits per heavy atom. The summed E-state index contributed by atoms with van der Waals surface area (Å²) in [5, 5.41) is 0. The highest BCUT2D eigenvalue weighted by Crippen LogP contribution is 2.30. The van der Waals surface area contributed by atoms with Crippen LogP contribution < -0.4 is 5.73 Å². The van der Waals surface area contributed by atoms with Gasteiger partial charge in [0.25, 0.3) is 0 Å². The van der Waals surface area contributed by atoms with Crippen molar-refractivity contribution in [3.63, 3.8) is 0 Å². The van der Waals surface area contributed by atoms with E-state index in [1.165, 1.54) is 6.07 Å². The van der Waals surface area contributed by atoms with E-state index in [0.717, 1.165) is 0 Å². The molecular formula is C8H8FNOS. The van der Waals surface area contributed by atoms with Gasteiger partial charge < -0.3 is 5.73 Å². The Labute approximate surface area is 72.0 Å². The van der Waals surface area contributed by atoms with Crippen LogP contribution >= 0.6 is 0 Å². The zero-order chi connectivity index (χ0) is 8.72. The molecule has 64 valence electrons. The summed E-state index contributed by atoms with van der Waals surface area (Å²) >= 11 is 0. The Bertz CT molecular complexity index is 353. The summed E-state index contributed by atoms with van der Waals surface area (Å²) in [7, 11) is -1.24. The lowest BCUT2D eigenvalue weighted by atomic mass is 10.1. The van der Waals surface area contributed by atoms with Gasteiger partial charge in [-0.1, -0.05) is 12.1 Å².